The normalized spacial score (nSPS) is 10.0. The lowest BCUT2D eigenvalue weighted by Crippen LogP contribution is -2.08. The van der Waals surface area contributed by atoms with Gasteiger partial charge in [-0.3, -0.25) is 0 Å². The number of nitrogens with zero attached hydrogens (tertiary/aromatic N) is 3. The van der Waals surface area contributed by atoms with E-state index in [0.29, 0.717) is 29.6 Å². The zero-order valence-electron chi connectivity index (χ0n) is 14.4. The first-order valence-electron chi connectivity index (χ1n) is 8.25. The van der Waals surface area contributed by atoms with Crippen molar-refractivity contribution in [3.05, 3.63) is 71.9 Å². The second-order valence-corrected chi connectivity index (χ2v) is 5.54. The largest absolute Gasteiger partial charge is 0.496 e. The number of anilines is 3. The van der Waals surface area contributed by atoms with Gasteiger partial charge in [-0.05, 0) is 36.2 Å². The van der Waals surface area contributed by atoms with E-state index in [1.807, 2.05) is 48.5 Å². The van der Waals surface area contributed by atoms with Gasteiger partial charge in [-0.1, -0.05) is 30.3 Å². The fraction of sp³-hybridized carbons (Fsp3) is 0.150. The summed E-state index contributed by atoms with van der Waals surface area (Å²) in [5.74, 6) is 2.04. The van der Waals surface area contributed by atoms with Crippen LogP contribution in [0.3, 0.4) is 0 Å². The van der Waals surface area contributed by atoms with Crippen LogP contribution in [0.15, 0.2) is 60.8 Å². The number of rotatable bonds is 7. The number of aromatic nitrogens is 2. The number of hydrogen-bond acceptors (Lipinski definition) is 6. The van der Waals surface area contributed by atoms with E-state index in [-0.39, 0.29) is 0 Å². The highest BCUT2D eigenvalue weighted by Gasteiger charge is 2.05. The van der Waals surface area contributed by atoms with Crippen molar-refractivity contribution < 1.29 is 4.74 Å². The molecular formula is C20H19N5O. The summed E-state index contributed by atoms with van der Waals surface area (Å²) in [4.78, 5) is 8.66. The molecule has 0 unspecified atom stereocenters. The van der Waals surface area contributed by atoms with Gasteiger partial charge < -0.3 is 15.4 Å². The van der Waals surface area contributed by atoms with Crippen LogP contribution in [-0.4, -0.2) is 23.6 Å². The molecule has 0 bridgehead atoms. The molecule has 2 aromatic carbocycles. The average molecular weight is 345 g/mol. The van der Waals surface area contributed by atoms with E-state index < -0.39 is 0 Å². The van der Waals surface area contributed by atoms with Gasteiger partial charge in [-0.25, -0.2) is 4.98 Å². The molecule has 0 saturated heterocycles. The van der Waals surface area contributed by atoms with E-state index in [1.165, 1.54) is 0 Å². The molecule has 1 heterocycles. The summed E-state index contributed by atoms with van der Waals surface area (Å²) in [7, 11) is 1.67. The second-order valence-electron chi connectivity index (χ2n) is 5.54. The smallest absolute Gasteiger partial charge is 0.229 e. The molecular weight excluding hydrogens is 326 g/mol. The molecule has 0 fully saturated rings. The van der Waals surface area contributed by atoms with Gasteiger partial charge in [0.05, 0.1) is 18.4 Å². The molecule has 0 saturated carbocycles. The van der Waals surface area contributed by atoms with Gasteiger partial charge in [0.1, 0.15) is 17.6 Å². The Morgan fingerprint density at radius 2 is 1.88 bits per heavy atom. The summed E-state index contributed by atoms with van der Waals surface area (Å²) < 4.78 is 5.37. The van der Waals surface area contributed by atoms with Crippen LogP contribution >= 0.6 is 0 Å². The van der Waals surface area contributed by atoms with Gasteiger partial charge in [0.15, 0.2) is 0 Å². The fourth-order valence-electron chi connectivity index (χ4n) is 2.56. The van der Waals surface area contributed by atoms with Gasteiger partial charge in [-0.2, -0.15) is 10.2 Å². The monoisotopic (exact) mass is 345 g/mol. The molecule has 26 heavy (non-hydrogen) atoms. The lowest BCUT2D eigenvalue weighted by molar-refractivity contribution is 0.410. The third-order valence-corrected chi connectivity index (χ3v) is 3.84. The van der Waals surface area contributed by atoms with Crippen molar-refractivity contribution in [1.29, 1.82) is 5.26 Å². The minimum absolute atomic E-state index is 0.440. The fourth-order valence-corrected chi connectivity index (χ4v) is 2.56. The number of nitrogens with one attached hydrogen (secondary N) is 2. The number of ether oxygens (including phenoxy) is 1. The van der Waals surface area contributed by atoms with Crippen LogP contribution in [-0.2, 0) is 6.42 Å². The maximum Gasteiger partial charge on any atom is 0.229 e. The van der Waals surface area contributed by atoms with Gasteiger partial charge in [0.25, 0.3) is 0 Å². The molecule has 0 radical (unpaired) electrons. The van der Waals surface area contributed by atoms with Crippen molar-refractivity contribution in [3.8, 4) is 11.8 Å². The summed E-state index contributed by atoms with van der Waals surface area (Å²) in [6.07, 6.45) is 2.49. The second kappa shape index (κ2) is 8.49. The Bertz CT molecular complexity index is 920. The molecule has 0 spiro atoms. The molecule has 6 nitrogen and oxygen atoms in total. The molecule has 3 rings (SSSR count). The Balaban J connectivity index is 1.63. The molecule has 2 N–H and O–H groups in total. The minimum atomic E-state index is 0.440. The summed E-state index contributed by atoms with van der Waals surface area (Å²) in [6, 6.07) is 19.2. The summed E-state index contributed by atoms with van der Waals surface area (Å²) in [5, 5.41) is 15.5. The lowest BCUT2D eigenvalue weighted by atomic mass is 10.1. The van der Waals surface area contributed by atoms with Crippen LogP contribution in [0, 0.1) is 11.3 Å². The highest BCUT2D eigenvalue weighted by molar-refractivity contribution is 5.63. The number of nitriles is 1. The molecule has 0 atom stereocenters. The molecule has 0 aliphatic heterocycles. The molecule has 3 aromatic rings. The Kier molecular flexibility index (Phi) is 5.63. The van der Waals surface area contributed by atoms with Gasteiger partial charge >= 0.3 is 0 Å². The molecule has 0 aliphatic carbocycles. The van der Waals surface area contributed by atoms with Crippen LogP contribution in [0.1, 0.15) is 11.1 Å². The molecule has 1 aromatic heterocycles. The van der Waals surface area contributed by atoms with Gasteiger partial charge in [0.2, 0.25) is 5.95 Å². The van der Waals surface area contributed by atoms with E-state index in [2.05, 4.69) is 26.7 Å². The predicted molar refractivity (Wildman–Crippen MR) is 102 cm³/mol. The van der Waals surface area contributed by atoms with E-state index in [0.717, 1.165) is 17.7 Å². The highest BCUT2D eigenvalue weighted by Crippen LogP contribution is 2.19. The quantitative estimate of drug-likeness (QED) is 0.678. The van der Waals surface area contributed by atoms with Crippen molar-refractivity contribution >= 4 is 17.5 Å². The minimum Gasteiger partial charge on any atom is -0.496 e. The predicted octanol–water partition coefficient (Wildman–Crippen LogP) is 3.76. The SMILES string of the molecule is COc1ccccc1CCNc1ccnc(Nc2ccccc2C#N)n1. The number of hydrogen-bond donors (Lipinski definition) is 2. The topological polar surface area (TPSA) is 82.9 Å². The van der Waals surface area contributed by atoms with Crippen LogP contribution in [0.4, 0.5) is 17.5 Å². The third-order valence-electron chi connectivity index (χ3n) is 3.84. The van der Waals surface area contributed by atoms with Crippen LogP contribution in [0.5, 0.6) is 5.75 Å². The first-order chi connectivity index (χ1) is 12.8. The maximum absolute atomic E-state index is 9.16. The zero-order valence-corrected chi connectivity index (χ0v) is 14.4. The number of benzene rings is 2. The number of methoxy groups -OCH3 is 1. The first kappa shape index (κ1) is 17.2. The first-order valence-corrected chi connectivity index (χ1v) is 8.25. The van der Waals surface area contributed by atoms with E-state index in [9.17, 15) is 0 Å². The van der Waals surface area contributed by atoms with Gasteiger partial charge in [0, 0.05) is 12.7 Å². The van der Waals surface area contributed by atoms with Crippen molar-refractivity contribution in [3.63, 3.8) is 0 Å². The van der Waals surface area contributed by atoms with Crippen molar-refractivity contribution in [2.75, 3.05) is 24.3 Å². The van der Waals surface area contributed by atoms with Crippen LogP contribution in [0.2, 0.25) is 0 Å². The Morgan fingerprint density at radius 3 is 2.73 bits per heavy atom. The van der Waals surface area contributed by atoms with E-state index in [4.69, 9.17) is 10.00 Å². The van der Waals surface area contributed by atoms with Gasteiger partial charge in [-0.15, -0.1) is 0 Å². The molecule has 0 amide bonds. The van der Waals surface area contributed by atoms with Crippen molar-refractivity contribution in [2.24, 2.45) is 0 Å². The van der Waals surface area contributed by atoms with Crippen LogP contribution in [0.25, 0.3) is 0 Å². The van der Waals surface area contributed by atoms with Crippen molar-refractivity contribution in [2.45, 2.75) is 6.42 Å². The molecule has 6 heteroatoms. The number of para-hydroxylation sites is 2. The standard InChI is InChI=1S/C20H19N5O/c1-26-18-9-5-3-6-15(18)10-12-22-19-11-13-23-20(25-19)24-17-8-4-2-7-16(17)14-21/h2-9,11,13H,10,12H2,1H3,(H2,22,23,24,25). The average Bonchev–Trinajstić information content (AvgIpc) is 2.69. The molecule has 0 aliphatic rings. The summed E-state index contributed by atoms with van der Waals surface area (Å²) in [5.41, 5.74) is 2.37. The van der Waals surface area contributed by atoms with Crippen LogP contribution < -0.4 is 15.4 Å². The summed E-state index contributed by atoms with van der Waals surface area (Å²) in [6.45, 7) is 0.714. The lowest BCUT2D eigenvalue weighted by Gasteiger charge is -2.11. The Labute approximate surface area is 152 Å². The van der Waals surface area contributed by atoms with Crippen molar-refractivity contribution in [1.82, 2.24) is 9.97 Å². The highest BCUT2D eigenvalue weighted by atomic mass is 16.5. The van der Waals surface area contributed by atoms with E-state index in [1.54, 1.807) is 19.4 Å². The maximum atomic E-state index is 9.16. The van der Waals surface area contributed by atoms with E-state index >= 15 is 0 Å². The summed E-state index contributed by atoms with van der Waals surface area (Å²) >= 11 is 0. The Morgan fingerprint density at radius 1 is 1.08 bits per heavy atom. The molecule has 130 valence electrons. The third kappa shape index (κ3) is 4.28. The Hall–Kier alpha value is -3.59. The zero-order chi connectivity index (χ0) is 18.2.